The zero-order valence-corrected chi connectivity index (χ0v) is 11.3. The van der Waals surface area contributed by atoms with Crippen LogP contribution in [0.5, 0.6) is 0 Å². The number of nitrogens with zero attached hydrogens (tertiary/aromatic N) is 2. The first-order valence-electron chi connectivity index (χ1n) is 6.09. The topological polar surface area (TPSA) is 52.0 Å². The first kappa shape index (κ1) is 13.2. The molecule has 0 saturated carbocycles. The van der Waals surface area contributed by atoms with Crippen LogP contribution >= 0.6 is 0 Å². The van der Waals surface area contributed by atoms with E-state index in [0.717, 1.165) is 11.1 Å². The number of hydrogen-bond donors (Lipinski definition) is 0. The molecule has 4 heteroatoms. The molecule has 0 atom stereocenters. The maximum absolute atomic E-state index is 12.1. The summed E-state index contributed by atoms with van der Waals surface area (Å²) in [6.07, 6.45) is 2.99. The minimum atomic E-state index is -0.196. The molecule has 0 unspecified atom stereocenters. The Balaban J connectivity index is 2.15. The van der Waals surface area contributed by atoms with Crippen molar-refractivity contribution in [3.05, 3.63) is 52.8 Å². The van der Waals surface area contributed by atoms with E-state index in [9.17, 15) is 9.59 Å². The minimum Gasteiger partial charge on any atom is -0.294 e. The molecule has 2 rings (SSSR count). The average molecular weight is 256 g/mol. The SMILES string of the molecule is Cc1ccc(C(=O)CC(=O)c2cnn(C)c2)c(C)c1. The lowest BCUT2D eigenvalue weighted by atomic mass is 9.98. The summed E-state index contributed by atoms with van der Waals surface area (Å²) in [5, 5.41) is 3.93. The number of carbonyl (C=O) groups excluding carboxylic acids is 2. The molecule has 0 spiro atoms. The normalized spacial score (nSPS) is 10.5. The number of hydrogen-bond acceptors (Lipinski definition) is 3. The lowest BCUT2D eigenvalue weighted by Crippen LogP contribution is -2.09. The lowest BCUT2D eigenvalue weighted by molar-refractivity contribution is 0.0894. The molecular weight excluding hydrogens is 240 g/mol. The van der Waals surface area contributed by atoms with Gasteiger partial charge in [-0.25, -0.2) is 0 Å². The zero-order chi connectivity index (χ0) is 14.0. The van der Waals surface area contributed by atoms with E-state index in [1.165, 1.54) is 6.20 Å². The first-order valence-corrected chi connectivity index (χ1v) is 6.09. The highest BCUT2D eigenvalue weighted by Gasteiger charge is 2.16. The number of ketones is 2. The van der Waals surface area contributed by atoms with Crippen LogP contribution in [0.15, 0.2) is 30.6 Å². The quantitative estimate of drug-likeness (QED) is 0.624. The highest BCUT2D eigenvalue weighted by atomic mass is 16.1. The van der Waals surface area contributed by atoms with Crippen molar-refractivity contribution >= 4 is 11.6 Å². The average Bonchev–Trinajstić information content (AvgIpc) is 2.75. The van der Waals surface area contributed by atoms with Gasteiger partial charge in [0.25, 0.3) is 0 Å². The smallest absolute Gasteiger partial charge is 0.173 e. The summed E-state index contributed by atoms with van der Waals surface area (Å²) in [6, 6.07) is 5.61. The predicted octanol–water partition coefficient (Wildman–Crippen LogP) is 2.49. The van der Waals surface area contributed by atoms with E-state index in [-0.39, 0.29) is 18.0 Å². The third-order valence-electron chi connectivity index (χ3n) is 3.03. The van der Waals surface area contributed by atoms with Crippen LogP contribution in [0.3, 0.4) is 0 Å². The van der Waals surface area contributed by atoms with Gasteiger partial charge < -0.3 is 0 Å². The van der Waals surface area contributed by atoms with Crippen molar-refractivity contribution in [3.63, 3.8) is 0 Å². The molecule has 1 aromatic heterocycles. The molecule has 0 bridgehead atoms. The molecule has 19 heavy (non-hydrogen) atoms. The summed E-state index contributed by atoms with van der Waals surface area (Å²) < 4.78 is 1.55. The third-order valence-corrected chi connectivity index (χ3v) is 3.03. The van der Waals surface area contributed by atoms with E-state index >= 15 is 0 Å². The molecule has 1 heterocycles. The van der Waals surface area contributed by atoms with Crippen molar-refractivity contribution in [2.75, 3.05) is 0 Å². The fourth-order valence-electron chi connectivity index (χ4n) is 2.03. The van der Waals surface area contributed by atoms with E-state index < -0.39 is 0 Å². The number of carbonyl (C=O) groups is 2. The maximum atomic E-state index is 12.1. The lowest BCUT2D eigenvalue weighted by Gasteiger charge is -2.05. The Morgan fingerprint density at radius 2 is 1.95 bits per heavy atom. The van der Waals surface area contributed by atoms with Crippen molar-refractivity contribution in [3.8, 4) is 0 Å². The predicted molar refractivity (Wildman–Crippen MR) is 72.4 cm³/mol. The van der Waals surface area contributed by atoms with Crippen molar-refractivity contribution in [1.82, 2.24) is 9.78 Å². The number of Topliss-reactive ketones (excluding diaryl/α,β-unsaturated/α-hetero) is 2. The number of benzene rings is 1. The standard InChI is InChI=1S/C15H16N2O2/c1-10-4-5-13(11(2)6-10)15(19)7-14(18)12-8-16-17(3)9-12/h4-6,8-9H,7H2,1-3H3. The summed E-state index contributed by atoms with van der Waals surface area (Å²) >= 11 is 0. The fourth-order valence-corrected chi connectivity index (χ4v) is 2.03. The van der Waals surface area contributed by atoms with Crippen molar-refractivity contribution < 1.29 is 9.59 Å². The van der Waals surface area contributed by atoms with Gasteiger partial charge in [-0.3, -0.25) is 14.3 Å². The summed E-state index contributed by atoms with van der Waals surface area (Å²) in [5.74, 6) is -0.343. The van der Waals surface area contributed by atoms with Crippen LogP contribution in [0.25, 0.3) is 0 Å². The Labute approximate surface area is 112 Å². The van der Waals surface area contributed by atoms with Crippen molar-refractivity contribution in [2.45, 2.75) is 20.3 Å². The molecule has 0 N–H and O–H groups in total. The van der Waals surface area contributed by atoms with Crippen molar-refractivity contribution in [1.29, 1.82) is 0 Å². The van der Waals surface area contributed by atoms with Crippen LogP contribution in [0.2, 0.25) is 0 Å². The van der Waals surface area contributed by atoms with Gasteiger partial charge in [-0.05, 0) is 19.4 Å². The largest absolute Gasteiger partial charge is 0.294 e. The molecule has 2 aromatic rings. The summed E-state index contributed by atoms with van der Waals surface area (Å²) in [7, 11) is 1.74. The number of aromatic nitrogens is 2. The molecule has 0 aliphatic carbocycles. The van der Waals surface area contributed by atoms with Crippen LogP contribution < -0.4 is 0 Å². The molecule has 4 nitrogen and oxygen atoms in total. The molecule has 0 radical (unpaired) electrons. The molecule has 0 fully saturated rings. The first-order chi connectivity index (χ1) is 8.97. The highest BCUT2D eigenvalue weighted by Crippen LogP contribution is 2.14. The summed E-state index contributed by atoms with van der Waals surface area (Å²) in [6.45, 7) is 3.86. The third kappa shape index (κ3) is 2.96. The van der Waals surface area contributed by atoms with Gasteiger partial charge in [0.15, 0.2) is 11.6 Å². The second-order valence-corrected chi connectivity index (χ2v) is 4.74. The Morgan fingerprint density at radius 1 is 1.21 bits per heavy atom. The Morgan fingerprint density at radius 3 is 2.53 bits per heavy atom. The molecule has 0 amide bonds. The number of aryl methyl sites for hydroxylation is 3. The van der Waals surface area contributed by atoms with E-state index in [1.54, 1.807) is 24.0 Å². The van der Waals surface area contributed by atoms with E-state index in [2.05, 4.69) is 5.10 Å². The van der Waals surface area contributed by atoms with Gasteiger partial charge in [0.05, 0.1) is 18.2 Å². The van der Waals surface area contributed by atoms with E-state index in [4.69, 9.17) is 0 Å². The molecule has 0 aliphatic rings. The van der Waals surface area contributed by atoms with E-state index in [0.29, 0.717) is 11.1 Å². The van der Waals surface area contributed by atoms with Crippen LogP contribution in [0, 0.1) is 13.8 Å². The van der Waals surface area contributed by atoms with Crippen LogP contribution in [-0.4, -0.2) is 21.3 Å². The van der Waals surface area contributed by atoms with Gasteiger partial charge in [0.1, 0.15) is 0 Å². The molecule has 0 saturated heterocycles. The monoisotopic (exact) mass is 256 g/mol. The molecule has 1 aromatic carbocycles. The van der Waals surface area contributed by atoms with Gasteiger partial charge in [0, 0.05) is 18.8 Å². The van der Waals surface area contributed by atoms with Gasteiger partial charge in [-0.2, -0.15) is 5.10 Å². The fraction of sp³-hybridized carbons (Fsp3) is 0.267. The highest BCUT2D eigenvalue weighted by molar-refractivity contribution is 6.13. The summed E-state index contributed by atoms with van der Waals surface area (Å²) in [4.78, 5) is 24.1. The van der Waals surface area contributed by atoms with E-state index in [1.807, 2.05) is 26.0 Å². The Bertz CT molecular complexity index is 641. The Kier molecular flexibility index (Phi) is 3.60. The number of rotatable bonds is 4. The zero-order valence-electron chi connectivity index (χ0n) is 11.3. The van der Waals surface area contributed by atoms with Gasteiger partial charge in [0.2, 0.25) is 0 Å². The van der Waals surface area contributed by atoms with Crippen molar-refractivity contribution in [2.24, 2.45) is 7.05 Å². The second-order valence-electron chi connectivity index (χ2n) is 4.74. The molecular formula is C15H16N2O2. The van der Waals surface area contributed by atoms with Crippen LogP contribution in [0.1, 0.15) is 38.3 Å². The van der Waals surface area contributed by atoms with Gasteiger partial charge in [-0.15, -0.1) is 0 Å². The molecule has 98 valence electrons. The molecule has 0 aliphatic heterocycles. The Hall–Kier alpha value is -2.23. The van der Waals surface area contributed by atoms with Gasteiger partial charge >= 0.3 is 0 Å². The summed E-state index contributed by atoms with van der Waals surface area (Å²) in [5.41, 5.74) is 3.10. The second kappa shape index (κ2) is 5.18. The maximum Gasteiger partial charge on any atom is 0.173 e. The minimum absolute atomic E-state index is 0.115. The van der Waals surface area contributed by atoms with Gasteiger partial charge in [-0.1, -0.05) is 23.8 Å². The van der Waals surface area contributed by atoms with Crippen LogP contribution in [0.4, 0.5) is 0 Å². The van der Waals surface area contributed by atoms with Crippen LogP contribution in [-0.2, 0) is 7.05 Å².